The van der Waals surface area contributed by atoms with E-state index in [0.717, 1.165) is 18.5 Å². The smallest absolute Gasteiger partial charge is 0.224 e. The van der Waals surface area contributed by atoms with E-state index in [1.54, 1.807) is 4.68 Å². The van der Waals surface area contributed by atoms with Crippen LogP contribution in [0.25, 0.3) is 0 Å². The molecule has 0 saturated carbocycles. The number of rotatable bonds is 3. The molecule has 2 aliphatic rings. The number of likely N-dealkylation sites (tertiary alicyclic amines) is 1. The number of aliphatic hydroxyl groups excluding tert-OH is 1. The van der Waals surface area contributed by atoms with E-state index in [-0.39, 0.29) is 5.91 Å². The van der Waals surface area contributed by atoms with Crippen LogP contribution in [0.4, 0.5) is 0 Å². The fraction of sp³-hybridized carbons (Fsp3) is 0.733. The van der Waals surface area contributed by atoms with E-state index in [0.29, 0.717) is 39.1 Å². The van der Waals surface area contributed by atoms with Crippen LogP contribution in [0, 0.1) is 6.92 Å². The number of hydrogen-bond acceptors (Lipinski definition) is 4. The maximum Gasteiger partial charge on any atom is 0.224 e. The summed E-state index contributed by atoms with van der Waals surface area (Å²) in [6.45, 7) is 4.35. The number of aromatic nitrogens is 2. The summed E-state index contributed by atoms with van der Waals surface area (Å²) in [6.07, 6.45) is 4.30. The Hall–Kier alpha value is -1.40. The first-order valence-corrected chi connectivity index (χ1v) is 7.69. The first-order chi connectivity index (χ1) is 10.1. The Balaban J connectivity index is 1.57. The summed E-state index contributed by atoms with van der Waals surface area (Å²) in [5.74, 6) is 0.116. The molecule has 0 aliphatic carbocycles. The van der Waals surface area contributed by atoms with Crippen molar-refractivity contribution in [2.24, 2.45) is 0 Å². The van der Waals surface area contributed by atoms with Crippen molar-refractivity contribution in [2.45, 2.75) is 50.9 Å². The molecule has 2 aliphatic heterocycles. The predicted octanol–water partition coefficient (Wildman–Crippen LogP) is 0.724. The van der Waals surface area contributed by atoms with Gasteiger partial charge in [-0.1, -0.05) is 0 Å². The number of ether oxygens (including phenoxy) is 1. The number of carbonyl (C=O) groups excluding carboxylic acids is 1. The third-order valence-electron chi connectivity index (χ3n) is 4.55. The Kier molecular flexibility index (Phi) is 3.99. The monoisotopic (exact) mass is 293 g/mol. The van der Waals surface area contributed by atoms with Crippen LogP contribution in [0.3, 0.4) is 0 Å². The van der Waals surface area contributed by atoms with Crippen LogP contribution in [-0.4, -0.2) is 57.1 Å². The van der Waals surface area contributed by atoms with Crippen LogP contribution in [0.2, 0.25) is 0 Å². The van der Waals surface area contributed by atoms with Crippen molar-refractivity contribution in [1.29, 1.82) is 0 Å². The Morgan fingerprint density at radius 1 is 1.62 bits per heavy atom. The van der Waals surface area contributed by atoms with Gasteiger partial charge in [0.15, 0.2) is 0 Å². The maximum absolute atomic E-state index is 12.4. The first kappa shape index (κ1) is 14.5. The lowest BCUT2D eigenvalue weighted by Crippen LogP contribution is -2.57. The van der Waals surface area contributed by atoms with Crippen molar-refractivity contribution in [3.05, 3.63) is 18.0 Å². The molecule has 1 amide bonds. The molecule has 0 bridgehead atoms. The highest BCUT2D eigenvalue weighted by Gasteiger charge is 2.46. The normalized spacial score (nSPS) is 29.2. The predicted molar refractivity (Wildman–Crippen MR) is 76.7 cm³/mol. The van der Waals surface area contributed by atoms with Crippen molar-refractivity contribution in [3.8, 4) is 0 Å². The second-order valence-electron chi connectivity index (χ2n) is 6.11. The summed E-state index contributed by atoms with van der Waals surface area (Å²) in [7, 11) is 0. The minimum Gasteiger partial charge on any atom is -0.390 e. The van der Waals surface area contributed by atoms with Gasteiger partial charge in [-0.2, -0.15) is 5.10 Å². The lowest BCUT2D eigenvalue weighted by Gasteiger charge is -2.43. The van der Waals surface area contributed by atoms with Crippen molar-refractivity contribution >= 4 is 5.91 Å². The van der Waals surface area contributed by atoms with Gasteiger partial charge in [0.1, 0.15) is 5.60 Å². The number of aliphatic hydroxyl groups is 1. The van der Waals surface area contributed by atoms with Gasteiger partial charge in [0.25, 0.3) is 0 Å². The van der Waals surface area contributed by atoms with Gasteiger partial charge in [0.2, 0.25) is 5.91 Å². The van der Waals surface area contributed by atoms with Crippen LogP contribution in [0.5, 0.6) is 0 Å². The van der Waals surface area contributed by atoms with Gasteiger partial charge in [-0.3, -0.25) is 9.48 Å². The first-order valence-electron chi connectivity index (χ1n) is 7.69. The molecular weight excluding hydrogens is 270 g/mol. The number of piperidine rings is 1. The van der Waals surface area contributed by atoms with Gasteiger partial charge in [0, 0.05) is 32.3 Å². The Morgan fingerprint density at radius 3 is 3.14 bits per heavy atom. The van der Waals surface area contributed by atoms with Crippen LogP contribution in [0.15, 0.2) is 12.3 Å². The van der Waals surface area contributed by atoms with Crippen LogP contribution in [0.1, 0.15) is 31.4 Å². The summed E-state index contributed by atoms with van der Waals surface area (Å²) in [5, 5.41) is 14.5. The number of amides is 1. The Bertz CT molecular complexity index is 508. The molecule has 0 aromatic carbocycles. The second-order valence-corrected chi connectivity index (χ2v) is 6.11. The standard InChI is InChI=1S/C15H23N3O3/c1-12-3-8-18(16-12)9-5-14(20)17-7-4-13(19)15(11-17)6-2-10-21-15/h3,8,13,19H,2,4-7,9-11H2,1H3/t13-,15-/m0/s1. The van der Waals surface area contributed by atoms with E-state index in [1.165, 1.54) is 0 Å². The van der Waals surface area contributed by atoms with Crippen LogP contribution in [-0.2, 0) is 16.1 Å². The molecule has 1 aromatic rings. The molecule has 6 heteroatoms. The van der Waals surface area contributed by atoms with Gasteiger partial charge in [-0.15, -0.1) is 0 Å². The third-order valence-corrected chi connectivity index (χ3v) is 4.55. The van der Waals surface area contributed by atoms with Crippen molar-refractivity contribution in [2.75, 3.05) is 19.7 Å². The summed E-state index contributed by atoms with van der Waals surface area (Å²) in [4.78, 5) is 14.2. The van der Waals surface area contributed by atoms with Gasteiger partial charge < -0.3 is 14.7 Å². The number of carbonyl (C=O) groups is 1. The fourth-order valence-electron chi connectivity index (χ4n) is 3.32. The molecule has 2 saturated heterocycles. The second kappa shape index (κ2) is 5.77. The summed E-state index contributed by atoms with van der Waals surface area (Å²) in [5.41, 5.74) is 0.442. The molecule has 0 unspecified atom stereocenters. The summed E-state index contributed by atoms with van der Waals surface area (Å²) >= 11 is 0. The van der Waals surface area contributed by atoms with Crippen molar-refractivity contribution in [1.82, 2.24) is 14.7 Å². The zero-order valence-electron chi connectivity index (χ0n) is 12.5. The molecule has 116 valence electrons. The molecule has 2 atom stereocenters. The molecule has 3 heterocycles. The Morgan fingerprint density at radius 2 is 2.48 bits per heavy atom. The highest BCUT2D eigenvalue weighted by atomic mass is 16.5. The molecule has 1 N–H and O–H groups in total. The highest BCUT2D eigenvalue weighted by molar-refractivity contribution is 5.76. The number of aryl methyl sites for hydroxylation is 2. The average Bonchev–Trinajstić information content (AvgIpc) is 3.09. The zero-order valence-corrected chi connectivity index (χ0v) is 12.5. The van der Waals surface area contributed by atoms with Crippen molar-refractivity contribution in [3.63, 3.8) is 0 Å². The molecule has 21 heavy (non-hydrogen) atoms. The number of nitrogens with zero attached hydrogens (tertiary/aromatic N) is 3. The van der Waals surface area contributed by atoms with Crippen molar-refractivity contribution < 1.29 is 14.6 Å². The molecule has 2 fully saturated rings. The molecule has 0 radical (unpaired) electrons. The van der Waals surface area contributed by atoms with Crippen LogP contribution < -0.4 is 0 Å². The summed E-state index contributed by atoms with van der Waals surface area (Å²) in [6, 6.07) is 1.93. The SMILES string of the molecule is Cc1ccn(CCC(=O)N2CC[C@H](O)[C@]3(CCCO3)C2)n1. The summed E-state index contributed by atoms with van der Waals surface area (Å²) < 4.78 is 7.58. The van der Waals surface area contributed by atoms with E-state index in [1.807, 2.05) is 24.1 Å². The van der Waals surface area contributed by atoms with Gasteiger partial charge >= 0.3 is 0 Å². The Labute approximate surface area is 124 Å². The molecule has 3 rings (SSSR count). The van der Waals surface area contributed by atoms with Crippen LogP contribution >= 0.6 is 0 Å². The third kappa shape index (κ3) is 2.96. The highest BCUT2D eigenvalue weighted by Crippen LogP contribution is 2.34. The zero-order chi connectivity index (χ0) is 14.9. The lowest BCUT2D eigenvalue weighted by atomic mass is 9.87. The number of hydrogen-bond donors (Lipinski definition) is 1. The topological polar surface area (TPSA) is 67.6 Å². The minimum absolute atomic E-state index is 0.116. The fourth-order valence-corrected chi connectivity index (χ4v) is 3.32. The van der Waals surface area contributed by atoms with Gasteiger partial charge in [-0.25, -0.2) is 0 Å². The van der Waals surface area contributed by atoms with E-state index < -0.39 is 11.7 Å². The minimum atomic E-state index is -0.518. The van der Waals surface area contributed by atoms with Gasteiger partial charge in [0.05, 0.1) is 18.3 Å². The largest absolute Gasteiger partial charge is 0.390 e. The van der Waals surface area contributed by atoms with E-state index in [9.17, 15) is 9.90 Å². The average molecular weight is 293 g/mol. The van der Waals surface area contributed by atoms with Gasteiger partial charge in [-0.05, 0) is 32.3 Å². The quantitative estimate of drug-likeness (QED) is 0.892. The molecule has 1 spiro atoms. The molecule has 1 aromatic heterocycles. The lowest BCUT2D eigenvalue weighted by molar-refractivity contribution is -0.155. The van der Waals surface area contributed by atoms with E-state index in [4.69, 9.17) is 4.74 Å². The van der Waals surface area contributed by atoms with E-state index in [2.05, 4.69) is 5.10 Å². The molecule has 6 nitrogen and oxygen atoms in total. The molecular formula is C15H23N3O3. The maximum atomic E-state index is 12.4. The van der Waals surface area contributed by atoms with E-state index >= 15 is 0 Å².